The average molecular weight is 171 g/mol. The fraction of sp³-hybridized carbons (Fsp3) is 1.00. The maximum absolute atomic E-state index is 5.88. The molecule has 0 spiro atoms. The van der Waals surface area contributed by atoms with Gasteiger partial charge in [0.2, 0.25) is 0 Å². The van der Waals surface area contributed by atoms with Crippen LogP contribution < -0.4 is 5.73 Å². The smallest absolute Gasteiger partial charge is 0.0519 e. The van der Waals surface area contributed by atoms with Crippen LogP contribution in [0.3, 0.4) is 0 Å². The molecule has 0 amide bonds. The van der Waals surface area contributed by atoms with E-state index in [0.29, 0.717) is 12.1 Å². The minimum atomic E-state index is 0.364. The van der Waals surface area contributed by atoms with Gasteiger partial charge in [-0.1, -0.05) is 6.42 Å². The summed E-state index contributed by atoms with van der Waals surface area (Å²) < 4.78 is 5.57. The fourth-order valence-corrected chi connectivity index (χ4v) is 1.81. The van der Waals surface area contributed by atoms with E-state index in [1.165, 1.54) is 19.3 Å². The Morgan fingerprint density at radius 1 is 1.42 bits per heavy atom. The zero-order valence-electron chi connectivity index (χ0n) is 8.25. The van der Waals surface area contributed by atoms with Gasteiger partial charge >= 0.3 is 0 Å². The van der Waals surface area contributed by atoms with Crippen LogP contribution in [0.15, 0.2) is 0 Å². The molecule has 1 fully saturated rings. The van der Waals surface area contributed by atoms with Gasteiger partial charge in [-0.05, 0) is 39.0 Å². The minimum Gasteiger partial charge on any atom is -0.379 e. The Morgan fingerprint density at radius 2 is 2.17 bits per heavy atom. The molecule has 1 aliphatic carbocycles. The molecule has 0 aromatic rings. The molecule has 1 saturated carbocycles. The van der Waals surface area contributed by atoms with Crippen molar-refractivity contribution in [2.45, 2.75) is 51.7 Å². The molecular weight excluding hydrogens is 150 g/mol. The first kappa shape index (κ1) is 10.0. The van der Waals surface area contributed by atoms with Crippen molar-refractivity contribution in [2.75, 3.05) is 6.61 Å². The monoisotopic (exact) mass is 171 g/mol. The fourth-order valence-electron chi connectivity index (χ4n) is 1.81. The topological polar surface area (TPSA) is 35.2 Å². The number of hydrogen-bond donors (Lipinski definition) is 1. The van der Waals surface area contributed by atoms with Crippen LogP contribution in [0.1, 0.15) is 39.5 Å². The quantitative estimate of drug-likeness (QED) is 0.704. The second-order valence-electron chi connectivity index (χ2n) is 4.17. The summed E-state index contributed by atoms with van der Waals surface area (Å²) in [5.74, 6) is 0.719. The van der Waals surface area contributed by atoms with E-state index < -0.39 is 0 Å². The van der Waals surface area contributed by atoms with Gasteiger partial charge in [0.05, 0.1) is 6.10 Å². The van der Waals surface area contributed by atoms with Gasteiger partial charge in [-0.25, -0.2) is 0 Å². The van der Waals surface area contributed by atoms with Gasteiger partial charge in [0, 0.05) is 12.6 Å². The first-order valence-corrected chi connectivity index (χ1v) is 5.05. The summed E-state index contributed by atoms with van der Waals surface area (Å²) in [5, 5.41) is 0. The zero-order chi connectivity index (χ0) is 8.97. The van der Waals surface area contributed by atoms with Gasteiger partial charge in [-0.3, -0.25) is 0 Å². The first-order chi connectivity index (χ1) is 5.68. The van der Waals surface area contributed by atoms with Crippen molar-refractivity contribution in [3.63, 3.8) is 0 Å². The third kappa shape index (κ3) is 3.55. The molecule has 2 N–H and O–H groups in total. The van der Waals surface area contributed by atoms with Crippen molar-refractivity contribution in [1.82, 2.24) is 0 Å². The molecule has 2 unspecified atom stereocenters. The Kier molecular flexibility index (Phi) is 4.02. The molecule has 2 heteroatoms. The van der Waals surface area contributed by atoms with Crippen molar-refractivity contribution < 1.29 is 4.74 Å². The van der Waals surface area contributed by atoms with Crippen LogP contribution in [0.4, 0.5) is 0 Å². The van der Waals surface area contributed by atoms with E-state index in [2.05, 4.69) is 13.8 Å². The van der Waals surface area contributed by atoms with E-state index in [-0.39, 0.29) is 0 Å². The molecule has 2 nitrogen and oxygen atoms in total. The molecule has 2 atom stereocenters. The second-order valence-corrected chi connectivity index (χ2v) is 4.17. The van der Waals surface area contributed by atoms with E-state index in [1.807, 2.05) is 0 Å². The maximum Gasteiger partial charge on any atom is 0.0519 e. The summed E-state index contributed by atoms with van der Waals surface area (Å²) in [4.78, 5) is 0. The van der Waals surface area contributed by atoms with Gasteiger partial charge in [-0.2, -0.15) is 0 Å². The molecule has 0 aromatic carbocycles. The largest absolute Gasteiger partial charge is 0.379 e. The van der Waals surface area contributed by atoms with Crippen LogP contribution in [-0.4, -0.2) is 18.8 Å². The molecule has 1 aliphatic rings. The van der Waals surface area contributed by atoms with Crippen molar-refractivity contribution in [3.05, 3.63) is 0 Å². The van der Waals surface area contributed by atoms with Crippen LogP contribution in [0, 0.1) is 5.92 Å². The Bertz CT molecular complexity index is 125. The van der Waals surface area contributed by atoms with E-state index in [1.54, 1.807) is 0 Å². The first-order valence-electron chi connectivity index (χ1n) is 5.05. The van der Waals surface area contributed by atoms with E-state index in [0.717, 1.165) is 18.9 Å². The zero-order valence-corrected chi connectivity index (χ0v) is 8.25. The molecule has 1 rings (SSSR count). The van der Waals surface area contributed by atoms with Crippen molar-refractivity contribution in [1.29, 1.82) is 0 Å². The van der Waals surface area contributed by atoms with Crippen molar-refractivity contribution in [2.24, 2.45) is 11.7 Å². The predicted molar refractivity (Wildman–Crippen MR) is 51.0 cm³/mol. The lowest BCUT2D eigenvalue weighted by molar-refractivity contribution is 0.0391. The third-order valence-corrected chi connectivity index (χ3v) is 2.49. The van der Waals surface area contributed by atoms with E-state index in [4.69, 9.17) is 10.5 Å². The van der Waals surface area contributed by atoms with Gasteiger partial charge in [0.25, 0.3) is 0 Å². The van der Waals surface area contributed by atoms with E-state index >= 15 is 0 Å². The summed E-state index contributed by atoms with van der Waals surface area (Å²) in [6.07, 6.45) is 5.32. The van der Waals surface area contributed by atoms with Gasteiger partial charge in [-0.15, -0.1) is 0 Å². The molecule has 72 valence electrons. The molecule has 0 aromatic heterocycles. The lowest BCUT2D eigenvalue weighted by Gasteiger charge is -2.26. The Hall–Kier alpha value is -0.0800. The Morgan fingerprint density at radius 3 is 2.75 bits per heavy atom. The summed E-state index contributed by atoms with van der Waals surface area (Å²) in [7, 11) is 0. The Labute approximate surface area is 75.5 Å². The summed E-state index contributed by atoms with van der Waals surface area (Å²) in [6.45, 7) is 5.08. The number of nitrogens with two attached hydrogens (primary N) is 1. The number of ether oxygens (including phenoxy) is 1. The SMILES string of the molecule is CC(C)OCC1CCCC(N)C1. The minimum absolute atomic E-state index is 0.364. The highest BCUT2D eigenvalue weighted by Crippen LogP contribution is 2.23. The maximum atomic E-state index is 5.88. The molecular formula is C10H21NO. The standard InChI is InChI=1S/C10H21NO/c1-8(2)12-7-9-4-3-5-10(11)6-9/h8-10H,3-7,11H2,1-2H3. The molecule has 0 saturated heterocycles. The molecule has 12 heavy (non-hydrogen) atoms. The van der Waals surface area contributed by atoms with E-state index in [9.17, 15) is 0 Å². The van der Waals surface area contributed by atoms with Gasteiger partial charge < -0.3 is 10.5 Å². The predicted octanol–water partition coefficient (Wildman–Crippen LogP) is 1.93. The van der Waals surface area contributed by atoms with Gasteiger partial charge in [0.1, 0.15) is 0 Å². The summed E-state index contributed by atoms with van der Waals surface area (Å²) >= 11 is 0. The van der Waals surface area contributed by atoms with Crippen LogP contribution in [0.25, 0.3) is 0 Å². The van der Waals surface area contributed by atoms with Crippen molar-refractivity contribution >= 4 is 0 Å². The van der Waals surface area contributed by atoms with Crippen LogP contribution in [-0.2, 0) is 4.74 Å². The van der Waals surface area contributed by atoms with Gasteiger partial charge in [0.15, 0.2) is 0 Å². The molecule has 0 bridgehead atoms. The van der Waals surface area contributed by atoms with Crippen LogP contribution in [0.2, 0.25) is 0 Å². The highest BCUT2D eigenvalue weighted by atomic mass is 16.5. The molecule has 0 aliphatic heterocycles. The summed E-state index contributed by atoms with van der Waals surface area (Å²) in [6, 6.07) is 0.430. The van der Waals surface area contributed by atoms with Crippen LogP contribution >= 0.6 is 0 Å². The molecule has 0 heterocycles. The Balaban J connectivity index is 2.14. The summed E-state index contributed by atoms with van der Waals surface area (Å²) in [5.41, 5.74) is 5.88. The molecule has 0 radical (unpaired) electrons. The second kappa shape index (κ2) is 4.83. The highest BCUT2D eigenvalue weighted by Gasteiger charge is 2.19. The average Bonchev–Trinajstić information content (AvgIpc) is 2.01. The number of rotatable bonds is 3. The van der Waals surface area contributed by atoms with Crippen molar-refractivity contribution in [3.8, 4) is 0 Å². The normalized spacial score (nSPS) is 31.0. The van der Waals surface area contributed by atoms with Crippen LogP contribution in [0.5, 0.6) is 0 Å². The lowest BCUT2D eigenvalue weighted by Crippen LogP contribution is -2.30. The number of hydrogen-bond acceptors (Lipinski definition) is 2. The third-order valence-electron chi connectivity index (χ3n) is 2.49. The highest BCUT2D eigenvalue weighted by molar-refractivity contribution is 4.74. The lowest BCUT2D eigenvalue weighted by atomic mass is 9.87.